The topological polar surface area (TPSA) is 88.8 Å². The maximum absolute atomic E-state index is 12.4. The number of carboxylic acid groups (broad SMARTS) is 1. The maximum atomic E-state index is 12.4. The molecule has 7 heteroatoms. The SMILES string of the molecule is Cn1c(=O)cc([C@H]2CCN(C(=O)OC(C)(C)C)C[C@@H]2C(=O)O)c2ccccc21. The van der Waals surface area contributed by atoms with Crippen molar-refractivity contribution in [3.05, 3.63) is 46.2 Å². The zero-order valence-corrected chi connectivity index (χ0v) is 16.6. The van der Waals surface area contributed by atoms with Gasteiger partial charge < -0.3 is 19.3 Å². The Bertz CT molecular complexity index is 973. The van der Waals surface area contributed by atoms with Gasteiger partial charge in [0.2, 0.25) is 0 Å². The summed E-state index contributed by atoms with van der Waals surface area (Å²) in [7, 11) is 1.70. The minimum atomic E-state index is -0.983. The van der Waals surface area contributed by atoms with Crippen LogP contribution in [0.5, 0.6) is 0 Å². The highest BCUT2D eigenvalue weighted by Gasteiger charge is 2.39. The molecule has 0 bridgehead atoms. The summed E-state index contributed by atoms with van der Waals surface area (Å²) in [5, 5.41) is 10.7. The highest BCUT2D eigenvalue weighted by molar-refractivity contribution is 5.84. The quantitative estimate of drug-likeness (QED) is 0.857. The third kappa shape index (κ3) is 3.88. The van der Waals surface area contributed by atoms with Gasteiger partial charge >= 0.3 is 12.1 Å². The van der Waals surface area contributed by atoms with E-state index in [9.17, 15) is 19.5 Å². The van der Waals surface area contributed by atoms with E-state index in [1.165, 1.54) is 11.0 Å². The number of aliphatic carboxylic acids is 1. The Kier molecular flexibility index (Phi) is 5.19. The Labute approximate surface area is 163 Å². The van der Waals surface area contributed by atoms with Crippen molar-refractivity contribution < 1.29 is 19.4 Å². The standard InChI is InChI=1S/C21H26N2O5/c1-21(2,3)28-20(27)23-10-9-13(16(12-23)19(25)26)15-11-18(24)22(4)17-8-6-5-7-14(15)17/h5-8,11,13,16H,9-10,12H2,1-4H3,(H,25,26)/t13-,16+/m1/s1. The second-order valence-corrected chi connectivity index (χ2v) is 8.28. The van der Waals surface area contributed by atoms with Crippen molar-refractivity contribution in [3.63, 3.8) is 0 Å². The van der Waals surface area contributed by atoms with Crippen LogP contribution >= 0.6 is 0 Å². The molecule has 150 valence electrons. The molecular weight excluding hydrogens is 360 g/mol. The lowest BCUT2D eigenvalue weighted by atomic mass is 9.79. The highest BCUT2D eigenvalue weighted by Crippen LogP contribution is 2.36. The number of ether oxygens (including phenoxy) is 1. The normalized spacial score (nSPS) is 20.2. The molecule has 1 aliphatic heterocycles. The number of piperidine rings is 1. The maximum Gasteiger partial charge on any atom is 0.410 e. The Morgan fingerprint density at radius 3 is 2.54 bits per heavy atom. The van der Waals surface area contributed by atoms with Crippen LogP contribution in [0.4, 0.5) is 4.79 Å². The molecule has 1 fully saturated rings. The van der Waals surface area contributed by atoms with Crippen LogP contribution in [-0.4, -0.2) is 45.3 Å². The number of benzene rings is 1. The Morgan fingerprint density at radius 1 is 1.21 bits per heavy atom. The van der Waals surface area contributed by atoms with Crippen LogP contribution in [0.1, 0.15) is 38.7 Å². The summed E-state index contributed by atoms with van der Waals surface area (Å²) in [5.74, 6) is -2.14. The van der Waals surface area contributed by atoms with E-state index in [1.54, 1.807) is 32.4 Å². The number of hydrogen-bond acceptors (Lipinski definition) is 4. The number of pyridine rings is 1. The lowest BCUT2D eigenvalue weighted by molar-refractivity contribution is -0.144. The van der Waals surface area contributed by atoms with Gasteiger partial charge in [-0.1, -0.05) is 18.2 Å². The first-order chi connectivity index (χ1) is 13.1. The highest BCUT2D eigenvalue weighted by atomic mass is 16.6. The van der Waals surface area contributed by atoms with Crippen LogP contribution in [0.3, 0.4) is 0 Å². The molecule has 7 nitrogen and oxygen atoms in total. The van der Waals surface area contributed by atoms with Gasteiger partial charge in [0.1, 0.15) is 5.60 Å². The van der Waals surface area contributed by atoms with E-state index in [-0.39, 0.29) is 18.0 Å². The Hall–Kier alpha value is -2.83. The van der Waals surface area contributed by atoms with Crippen molar-refractivity contribution >= 4 is 23.0 Å². The van der Waals surface area contributed by atoms with E-state index < -0.39 is 23.6 Å². The number of nitrogens with zero attached hydrogens (tertiary/aromatic N) is 2. The van der Waals surface area contributed by atoms with E-state index in [0.717, 1.165) is 16.5 Å². The molecule has 1 N–H and O–H groups in total. The van der Waals surface area contributed by atoms with Gasteiger partial charge in [0.05, 0.1) is 11.4 Å². The molecule has 0 spiro atoms. The van der Waals surface area contributed by atoms with Crippen LogP contribution in [0.15, 0.2) is 35.1 Å². The third-order valence-electron chi connectivity index (χ3n) is 5.17. The number of hydrogen-bond donors (Lipinski definition) is 1. The average molecular weight is 386 g/mol. The van der Waals surface area contributed by atoms with Gasteiger partial charge in [-0.15, -0.1) is 0 Å². The van der Waals surface area contributed by atoms with Gasteiger partial charge in [-0.05, 0) is 38.8 Å². The molecule has 1 aromatic carbocycles. The number of carboxylic acids is 1. The van der Waals surface area contributed by atoms with E-state index >= 15 is 0 Å². The molecule has 1 aromatic heterocycles. The molecule has 1 amide bonds. The third-order valence-corrected chi connectivity index (χ3v) is 5.17. The zero-order chi connectivity index (χ0) is 20.6. The summed E-state index contributed by atoms with van der Waals surface area (Å²) in [5.41, 5.74) is 0.681. The molecule has 1 aliphatic rings. The minimum Gasteiger partial charge on any atom is -0.481 e. The van der Waals surface area contributed by atoms with E-state index in [1.807, 2.05) is 24.3 Å². The number of amides is 1. The molecule has 0 unspecified atom stereocenters. The largest absolute Gasteiger partial charge is 0.481 e. The van der Waals surface area contributed by atoms with Gasteiger partial charge in [0, 0.05) is 37.5 Å². The summed E-state index contributed by atoms with van der Waals surface area (Å²) in [6.07, 6.45) is -0.0565. The fourth-order valence-corrected chi connectivity index (χ4v) is 3.81. The van der Waals surface area contributed by atoms with Crippen molar-refractivity contribution in [2.24, 2.45) is 13.0 Å². The molecule has 2 aromatic rings. The summed E-state index contributed by atoms with van der Waals surface area (Å²) in [6.45, 7) is 5.76. The molecule has 28 heavy (non-hydrogen) atoms. The minimum absolute atomic E-state index is 0.0540. The molecule has 0 radical (unpaired) electrons. The van der Waals surface area contributed by atoms with Crippen molar-refractivity contribution in [1.29, 1.82) is 0 Å². The summed E-state index contributed by atoms with van der Waals surface area (Å²) >= 11 is 0. The van der Waals surface area contributed by atoms with E-state index in [4.69, 9.17) is 4.74 Å². The molecule has 2 heterocycles. The van der Waals surface area contributed by atoms with Crippen LogP contribution in [0.25, 0.3) is 10.9 Å². The number of carbonyl (C=O) groups is 2. The lowest BCUT2D eigenvalue weighted by Gasteiger charge is -2.37. The first-order valence-electron chi connectivity index (χ1n) is 9.38. The van der Waals surface area contributed by atoms with Crippen molar-refractivity contribution in [2.45, 2.75) is 38.7 Å². The van der Waals surface area contributed by atoms with Crippen molar-refractivity contribution in [3.8, 4) is 0 Å². The lowest BCUT2D eigenvalue weighted by Crippen LogP contribution is -2.47. The van der Waals surface area contributed by atoms with Crippen molar-refractivity contribution in [2.75, 3.05) is 13.1 Å². The molecular formula is C21H26N2O5. The van der Waals surface area contributed by atoms with Gasteiger partial charge in [-0.3, -0.25) is 9.59 Å². The number of carbonyl (C=O) groups excluding carboxylic acids is 1. The van der Waals surface area contributed by atoms with Gasteiger partial charge in [-0.2, -0.15) is 0 Å². The smallest absolute Gasteiger partial charge is 0.410 e. The molecule has 3 rings (SSSR count). The summed E-state index contributed by atoms with van der Waals surface area (Å²) in [6, 6.07) is 9.02. The van der Waals surface area contributed by atoms with Gasteiger partial charge in [0.25, 0.3) is 5.56 Å². The number of likely N-dealkylation sites (tertiary alicyclic amines) is 1. The number of rotatable bonds is 2. The summed E-state index contributed by atoms with van der Waals surface area (Å²) < 4.78 is 6.95. The first kappa shape index (κ1) is 19.9. The molecule has 2 atom stereocenters. The van der Waals surface area contributed by atoms with Crippen molar-refractivity contribution in [1.82, 2.24) is 9.47 Å². The second kappa shape index (κ2) is 7.30. The second-order valence-electron chi connectivity index (χ2n) is 8.28. The predicted octanol–water partition coefficient (Wildman–Crippen LogP) is 2.96. The van der Waals surface area contributed by atoms with Crippen LogP contribution in [0.2, 0.25) is 0 Å². The fraction of sp³-hybridized carbons (Fsp3) is 0.476. The molecule has 1 saturated heterocycles. The molecule has 0 aliphatic carbocycles. The van der Waals surface area contributed by atoms with Gasteiger partial charge in [-0.25, -0.2) is 4.79 Å². The van der Waals surface area contributed by atoms with Crippen LogP contribution in [-0.2, 0) is 16.6 Å². The van der Waals surface area contributed by atoms with Crippen LogP contribution in [0, 0.1) is 5.92 Å². The molecule has 0 saturated carbocycles. The number of fused-ring (bicyclic) bond motifs is 1. The zero-order valence-electron chi connectivity index (χ0n) is 16.6. The fourth-order valence-electron chi connectivity index (χ4n) is 3.81. The Morgan fingerprint density at radius 2 is 1.89 bits per heavy atom. The Balaban J connectivity index is 1.97. The number of para-hydroxylation sites is 1. The van der Waals surface area contributed by atoms with Gasteiger partial charge in [0.15, 0.2) is 0 Å². The first-order valence-corrected chi connectivity index (χ1v) is 9.38. The monoisotopic (exact) mass is 386 g/mol. The predicted molar refractivity (Wildman–Crippen MR) is 105 cm³/mol. The van der Waals surface area contributed by atoms with E-state index in [2.05, 4.69) is 0 Å². The average Bonchev–Trinajstić information content (AvgIpc) is 2.63. The van der Waals surface area contributed by atoms with Crippen LogP contribution < -0.4 is 5.56 Å². The summed E-state index contributed by atoms with van der Waals surface area (Å²) in [4.78, 5) is 38.3. The number of aromatic nitrogens is 1. The van der Waals surface area contributed by atoms with E-state index in [0.29, 0.717) is 13.0 Å². The number of aryl methyl sites for hydroxylation is 1.